The number of hydrogen-bond donors (Lipinski definition) is 1. The van der Waals surface area contributed by atoms with Crippen molar-refractivity contribution in [3.63, 3.8) is 0 Å². The Hall–Kier alpha value is -2.53. The van der Waals surface area contributed by atoms with Gasteiger partial charge in [-0.15, -0.1) is 0 Å². The van der Waals surface area contributed by atoms with Gasteiger partial charge < -0.3 is 15.0 Å². The van der Waals surface area contributed by atoms with Crippen molar-refractivity contribution in [1.82, 2.24) is 10.2 Å². The summed E-state index contributed by atoms with van der Waals surface area (Å²) >= 11 is 6.04. The second-order valence-electron chi connectivity index (χ2n) is 10.2. The summed E-state index contributed by atoms with van der Waals surface area (Å²) in [5, 5.41) is 3.79. The van der Waals surface area contributed by atoms with Crippen molar-refractivity contribution in [2.45, 2.75) is 83.8 Å². The monoisotopic (exact) mass is 484 g/mol. The molecule has 1 N–H and O–H groups in total. The molecule has 184 valence electrons. The fourth-order valence-corrected chi connectivity index (χ4v) is 4.50. The van der Waals surface area contributed by atoms with E-state index in [1.807, 2.05) is 36.4 Å². The van der Waals surface area contributed by atoms with Crippen LogP contribution < -0.4 is 10.1 Å². The maximum atomic E-state index is 13.4. The van der Waals surface area contributed by atoms with Gasteiger partial charge in [0.15, 0.2) is 6.61 Å². The van der Waals surface area contributed by atoms with Crippen LogP contribution in [0.1, 0.15) is 70.9 Å². The van der Waals surface area contributed by atoms with Crippen LogP contribution in [0, 0.1) is 0 Å². The van der Waals surface area contributed by atoms with Crippen LogP contribution in [0.25, 0.3) is 0 Å². The zero-order chi connectivity index (χ0) is 24.7. The van der Waals surface area contributed by atoms with Gasteiger partial charge in [0.05, 0.1) is 0 Å². The van der Waals surface area contributed by atoms with Crippen LogP contribution in [-0.4, -0.2) is 35.4 Å². The van der Waals surface area contributed by atoms with Crippen molar-refractivity contribution in [3.05, 3.63) is 64.7 Å². The highest BCUT2D eigenvalue weighted by molar-refractivity contribution is 6.30. The first-order chi connectivity index (χ1) is 16.1. The number of amides is 2. The van der Waals surface area contributed by atoms with Crippen molar-refractivity contribution >= 4 is 23.4 Å². The Bertz CT molecular complexity index is 962. The molecule has 1 atom stereocenters. The minimum atomic E-state index is -0.619. The average Bonchev–Trinajstić information content (AvgIpc) is 2.82. The highest BCUT2D eigenvalue weighted by Gasteiger charge is 2.29. The van der Waals surface area contributed by atoms with E-state index in [1.54, 1.807) is 24.0 Å². The lowest BCUT2D eigenvalue weighted by Crippen LogP contribution is -2.51. The summed E-state index contributed by atoms with van der Waals surface area (Å²) in [7, 11) is 0. The minimum absolute atomic E-state index is 0.115. The average molecular weight is 485 g/mol. The summed E-state index contributed by atoms with van der Waals surface area (Å²) in [5.41, 5.74) is 1.83. The molecule has 2 aromatic rings. The lowest BCUT2D eigenvalue weighted by atomic mass is 9.86. The molecule has 34 heavy (non-hydrogen) atoms. The van der Waals surface area contributed by atoms with Crippen molar-refractivity contribution in [2.75, 3.05) is 6.61 Å². The van der Waals surface area contributed by atoms with Gasteiger partial charge in [-0.25, -0.2) is 0 Å². The van der Waals surface area contributed by atoms with Crippen LogP contribution in [0.4, 0.5) is 0 Å². The highest BCUT2D eigenvalue weighted by Crippen LogP contribution is 2.31. The van der Waals surface area contributed by atoms with Crippen LogP contribution in [-0.2, 0) is 21.5 Å². The predicted molar refractivity (Wildman–Crippen MR) is 137 cm³/mol. The van der Waals surface area contributed by atoms with Crippen molar-refractivity contribution in [3.8, 4) is 5.75 Å². The van der Waals surface area contributed by atoms with Crippen molar-refractivity contribution in [2.24, 2.45) is 0 Å². The van der Waals surface area contributed by atoms with Gasteiger partial charge >= 0.3 is 0 Å². The largest absolute Gasteiger partial charge is 0.483 e. The van der Waals surface area contributed by atoms with Gasteiger partial charge in [0, 0.05) is 17.6 Å². The fraction of sp³-hybridized carbons (Fsp3) is 0.500. The topological polar surface area (TPSA) is 58.6 Å². The molecule has 1 fully saturated rings. The number of ether oxygens (including phenoxy) is 1. The Morgan fingerprint density at radius 2 is 1.71 bits per heavy atom. The second-order valence-corrected chi connectivity index (χ2v) is 10.6. The van der Waals surface area contributed by atoms with E-state index in [9.17, 15) is 9.59 Å². The number of hydrogen-bond acceptors (Lipinski definition) is 3. The van der Waals surface area contributed by atoms with E-state index in [4.69, 9.17) is 16.3 Å². The normalized spacial score (nSPS) is 15.4. The zero-order valence-corrected chi connectivity index (χ0v) is 21.5. The highest BCUT2D eigenvalue weighted by atomic mass is 35.5. The van der Waals surface area contributed by atoms with E-state index < -0.39 is 6.04 Å². The maximum absolute atomic E-state index is 13.4. The molecule has 0 aromatic heterocycles. The SMILES string of the molecule is C[C@H](C(=O)NC1CCCCC1)N(Cc1ccc(Cl)cc1)C(=O)COc1ccccc1C(C)(C)C. The maximum Gasteiger partial charge on any atom is 0.261 e. The van der Waals surface area contributed by atoms with E-state index in [-0.39, 0.29) is 29.9 Å². The molecular formula is C28H37ClN2O3. The van der Waals surface area contributed by atoms with E-state index in [0.717, 1.165) is 36.8 Å². The number of benzene rings is 2. The van der Waals surface area contributed by atoms with E-state index in [1.165, 1.54) is 6.42 Å². The predicted octanol–water partition coefficient (Wildman–Crippen LogP) is 5.88. The van der Waals surface area contributed by atoms with E-state index in [2.05, 4.69) is 26.1 Å². The third kappa shape index (κ3) is 7.23. The molecule has 0 saturated heterocycles. The molecule has 2 aromatic carbocycles. The molecule has 1 saturated carbocycles. The zero-order valence-electron chi connectivity index (χ0n) is 20.8. The van der Waals surface area contributed by atoms with Crippen LogP contribution in [0.3, 0.4) is 0 Å². The molecule has 3 rings (SSSR count). The first-order valence-electron chi connectivity index (χ1n) is 12.2. The van der Waals surface area contributed by atoms with Crippen LogP contribution >= 0.6 is 11.6 Å². The number of nitrogens with one attached hydrogen (secondary N) is 1. The number of rotatable bonds is 8. The van der Waals surface area contributed by atoms with Gasteiger partial charge in [0.2, 0.25) is 5.91 Å². The Morgan fingerprint density at radius 3 is 2.35 bits per heavy atom. The fourth-order valence-electron chi connectivity index (χ4n) is 4.37. The first kappa shape index (κ1) is 26.1. The molecule has 0 aliphatic heterocycles. The Balaban J connectivity index is 1.75. The molecule has 1 aliphatic carbocycles. The molecule has 0 bridgehead atoms. The van der Waals surface area contributed by atoms with Crippen LogP contribution in [0.5, 0.6) is 5.75 Å². The molecule has 0 unspecified atom stereocenters. The third-order valence-electron chi connectivity index (χ3n) is 6.43. The van der Waals surface area contributed by atoms with E-state index in [0.29, 0.717) is 17.3 Å². The molecule has 6 heteroatoms. The standard InChI is InChI=1S/C28H37ClN2O3/c1-20(27(33)30-23-10-6-5-7-11-23)31(18-21-14-16-22(29)17-15-21)26(32)19-34-25-13-9-8-12-24(25)28(2,3)4/h8-9,12-17,20,23H,5-7,10-11,18-19H2,1-4H3,(H,30,33)/t20-/m1/s1. The number of halogens is 1. The quantitative estimate of drug-likeness (QED) is 0.508. The van der Waals surface area contributed by atoms with Gasteiger partial charge in [0.25, 0.3) is 5.91 Å². The summed E-state index contributed by atoms with van der Waals surface area (Å²) in [6.07, 6.45) is 5.48. The minimum Gasteiger partial charge on any atom is -0.483 e. The molecule has 0 spiro atoms. The summed E-state index contributed by atoms with van der Waals surface area (Å²) in [4.78, 5) is 28.1. The van der Waals surface area contributed by atoms with Gasteiger partial charge in [0.1, 0.15) is 11.8 Å². The number of nitrogens with zero attached hydrogens (tertiary/aromatic N) is 1. The Kier molecular flexibility index (Phi) is 9.01. The lowest BCUT2D eigenvalue weighted by molar-refractivity contribution is -0.142. The third-order valence-corrected chi connectivity index (χ3v) is 6.68. The first-order valence-corrected chi connectivity index (χ1v) is 12.6. The number of para-hydroxylation sites is 1. The van der Waals surface area contributed by atoms with Crippen LogP contribution in [0.2, 0.25) is 5.02 Å². The molecule has 0 radical (unpaired) electrons. The summed E-state index contributed by atoms with van der Waals surface area (Å²) in [5.74, 6) is 0.336. The molecule has 2 amide bonds. The summed E-state index contributed by atoms with van der Waals surface area (Å²) in [6.45, 7) is 8.29. The molecule has 0 heterocycles. The molecular weight excluding hydrogens is 448 g/mol. The summed E-state index contributed by atoms with van der Waals surface area (Å²) < 4.78 is 6.00. The van der Waals surface area contributed by atoms with Gasteiger partial charge in [-0.3, -0.25) is 9.59 Å². The van der Waals surface area contributed by atoms with Gasteiger partial charge in [-0.1, -0.05) is 82.0 Å². The lowest BCUT2D eigenvalue weighted by Gasteiger charge is -2.31. The summed E-state index contributed by atoms with van der Waals surface area (Å²) in [6, 6.07) is 14.7. The van der Waals surface area contributed by atoms with Gasteiger partial charge in [-0.05, 0) is 54.5 Å². The Morgan fingerprint density at radius 1 is 1.06 bits per heavy atom. The smallest absolute Gasteiger partial charge is 0.261 e. The number of carbonyl (C=O) groups is 2. The van der Waals surface area contributed by atoms with Gasteiger partial charge in [-0.2, -0.15) is 0 Å². The van der Waals surface area contributed by atoms with E-state index >= 15 is 0 Å². The Labute approximate surface area is 208 Å². The molecule has 1 aliphatic rings. The van der Waals surface area contributed by atoms with Crippen molar-refractivity contribution < 1.29 is 14.3 Å². The number of carbonyl (C=O) groups excluding carboxylic acids is 2. The molecule has 5 nitrogen and oxygen atoms in total. The van der Waals surface area contributed by atoms with Crippen molar-refractivity contribution in [1.29, 1.82) is 0 Å². The van der Waals surface area contributed by atoms with Crippen LogP contribution in [0.15, 0.2) is 48.5 Å². The second kappa shape index (κ2) is 11.7.